The van der Waals surface area contributed by atoms with Crippen LogP contribution in [-0.4, -0.2) is 26.2 Å². The van der Waals surface area contributed by atoms with Crippen LogP contribution in [0.2, 0.25) is 0 Å². The van der Waals surface area contributed by atoms with E-state index in [0.29, 0.717) is 0 Å². The highest BCUT2D eigenvalue weighted by molar-refractivity contribution is 5.81. The minimum absolute atomic E-state index is 0.207. The topological polar surface area (TPSA) is 73.6 Å². The highest BCUT2D eigenvalue weighted by Gasteiger charge is 2.19. The van der Waals surface area contributed by atoms with Crippen molar-refractivity contribution in [1.29, 1.82) is 0 Å². The number of amides is 1. The van der Waals surface area contributed by atoms with Crippen LogP contribution in [0.4, 0.5) is 0 Å². The van der Waals surface area contributed by atoms with E-state index in [1.165, 1.54) is 0 Å². The van der Waals surface area contributed by atoms with Crippen molar-refractivity contribution in [2.75, 3.05) is 14.2 Å². The van der Waals surface area contributed by atoms with E-state index in [1.807, 2.05) is 48.5 Å². The van der Waals surface area contributed by atoms with Crippen LogP contribution in [0.1, 0.15) is 24.1 Å². The second kappa shape index (κ2) is 7.65. The van der Waals surface area contributed by atoms with Crippen LogP contribution in [0.5, 0.6) is 11.5 Å². The molecule has 0 saturated carbocycles. The molecule has 0 aliphatic rings. The lowest BCUT2D eigenvalue weighted by Crippen LogP contribution is -2.40. The van der Waals surface area contributed by atoms with Crippen molar-refractivity contribution in [3.8, 4) is 11.5 Å². The summed E-state index contributed by atoms with van der Waals surface area (Å²) in [6.07, 6.45) is 0. The Hall–Kier alpha value is -2.53. The van der Waals surface area contributed by atoms with E-state index < -0.39 is 6.04 Å². The van der Waals surface area contributed by atoms with Crippen LogP contribution in [-0.2, 0) is 4.79 Å². The first-order valence-electron chi connectivity index (χ1n) is 7.39. The van der Waals surface area contributed by atoms with Gasteiger partial charge in [0.1, 0.15) is 11.5 Å². The smallest absolute Gasteiger partial charge is 0.237 e. The van der Waals surface area contributed by atoms with Crippen molar-refractivity contribution in [3.63, 3.8) is 0 Å². The Morgan fingerprint density at radius 2 is 1.30 bits per heavy atom. The fourth-order valence-electron chi connectivity index (χ4n) is 2.23. The molecule has 2 aromatic carbocycles. The van der Waals surface area contributed by atoms with Crippen LogP contribution >= 0.6 is 0 Å². The average molecular weight is 314 g/mol. The zero-order valence-electron chi connectivity index (χ0n) is 13.6. The molecule has 0 bridgehead atoms. The van der Waals surface area contributed by atoms with Crippen molar-refractivity contribution in [3.05, 3.63) is 59.7 Å². The third kappa shape index (κ3) is 4.23. The highest BCUT2D eigenvalue weighted by atomic mass is 16.5. The van der Waals surface area contributed by atoms with Gasteiger partial charge in [-0.2, -0.15) is 0 Å². The van der Waals surface area contributed by atoms with Crippen LogP contribution in [0.3, 0.4) is 0 Å². The number of nitrogens with one attached hydrogen (secondary N) is 1. The third-order valence-corrected chi connectivity index (χ3v) is 3.60. The number of ether oxygens (including phenoxy) is 2. The molecule has 5 nitrogen and oxygen atoms in total. The van der Waals surface area contributed by atoms with Crippen molar-refractivity contribution < 1.29 is 14.3 Å². The fraction of sp³-hybridized carbons (Fsp3) is 0.278. The van der Waals surface area contributed by atoms with Gasteiger partial charge in [0.2, 0.25) is 5.91 Å². The molecule has 0 aliphatic carbocycles. The van der Waals surface area contributed by atoms with Gasteiger partial charge in [-0.05, 0) is 42.3 Å². The zero-order valence-corrected chi connectivity index (χ0v) is 13.6. The Balaban J connectivity index is 2.34. The molecule has 1 amide bonds. The lowest BCUT2D eigenvalue weighted by molar-refractivity contribution is -0.122. The number of hydrogen-bond donors (Lipinski definition) is 2. The predicted molar refractivity (Wildman–Crippen MR) is 89.6 cm³/mol. The van der Waals surface area contributed by atoms with Gasteiger partial charge in [-0.15, -0.1) is 0 Å². The summed E-state index contributed by atoms with van der Waals surface area (Å²) in [5.74, 6) is 1.32. The van der Waals surface area contributed by atoms with Gasteiger partial charge in [0, 0.05) is 0 Å². The lowest BCUT2D eigenvalue weighted by atomic mass is 9.98. The maximum Gasteiger partial charge on any atom is 0.237 e. The monoisotopic (exact) mass is 314 g/mol. The molecule has 0 spiro atoms. The normalized spacial score (nSPS) is 11.9. The largest absolute Gasteiger partial charge is 0.497 e. The van der Waals surface area contributed by atoms with Crippen LogP contribution in [0.15, 0.2) is 48.5 Å². The van der Waals surface area contributed by atoms with Gasteiger partial charge in [0.15, 0.2) is 0 Å². The quantitative estimate of drug-likeness (QED) is 0.858. The lowest BCUT2D eigenvalue weighted by Gasteiger charge is -2.21. The molecule has 0 saturated heterocycles. The molecule has 23 heavy (non-hydrogen) atoms. The van der Waals surface area contributed by atoms with Crippen molar-refractivity contribution in [2.45, 2.75) is 19.0 Å². The highest BCUT2D eigenvalue weighted by Crippen LogP contribution is 2.26. The van der Waals surface area contributed by atoms with Crippen molar-refractivity contribution in [2.24, 2.45) is 5.73 Å². The minimum atomic E-state index is -0.575. The van der Waals surface area contributed by atoms with Gasteiger partial charge >= 0.3 is 0 Å². The van der Waals surface area contributed by atoms with E-state index in [1.54, 1.807) is 21.1 Å². The van der Waals surface area contributed by atoms with Gasteiger partial charge in [0.25, 0.3) is 0 Å². The summed E-state index contributed by atoms with van der Waals surface area (Å²) in [4.78, 5) is 12.1. The molecule has 3 N–H and O–H groups in total. The molecule has 2 rings (SSSR count). The van der Waals surface area contributed by atoms with Gasteiger partial charge in [-0.1, -0.05) is 24.3 Å². The van der Waals surface area contributed by atoms with Crippen LogP contribution in [0.25, 0.3) is 0 Å². The average Bonchev–Trinajstić information content (AvgIpc) is 2.59. The van der Waals surface area contributed by atoms with E-state index in [-0.39, 0.29) is 11.9 Å². The number of methoxy groups -OCH3 is 2. The Bertz CT molecular complexity index is 589. The summed E-state index contributed by atoms with van der Waals surface area (Å²) in [5.41, 5.74) is 7.58. The Labute approximate surface area is 136 Å². The molecule has 0 aromatic heterocycles. The van der Waals surface area contributed by atoms with E-state index in [0.717, 1.165) is 22.6 Å². The van der Waals surface area contributed by atoms with Crippen LogP contribution in [0, 0.1) is 0 Å². The zero-order chi connectivity index (χ0) is 16.8. The maximum absolute atomic E-state index is 12.1. The Morgan fingerprint density at radius 1 is 0.913 bits per heavy atom. The second-order valence-corrected chi connectivity index (χ2v) is 5.28. The van der Waals surface area contributed by atoms with Gasteiger partial charge in [-0.25, -0.2) is 0 Å². The fourth-order valence-corrected chi connectivity index (χ4v) is 2.23. The molecule has 0 unspecified atom stereocenters. The van der Waals surface area contributed by atoms with Gasteiger partial charge in [-0.3, -0.25) is 4.79 Å². The maximum atomic E-state index is 12.1. The number of rotatable bonds is 6. The van der Waals surface area contributed by atoms with Crippen molar-refractivity contribution >= 4 is 5.91 Å². The molecule has 1 atom stereocenters. The number of carbonyl (C=O) groups excluding carboxylic acids is 1. The summed E-state index contributed by atoms with van der Waals surface area (Å²) >= 11 is 0. The molecule has 0 heterocycles. The Morgan fingerprint density at radius 3 is 1.61 bits per heavy atom. The van der Waals surface area contributed by atoms with E-state index >= 15 is 0 Å². The van der Waals surface area contributed by atoms with E-state index in [9.17, 15) is 4.79 Å². The molecule has 2 aromatic rings. The standard InChI is InChI=1S/C18H22N2O3/c1-12(19)18(21)20-17(13-4-8-15(22-2)9-5-13)14-6-10-16(23-3)11-7-14/h4-12,17H,19H2,1-3H3,(H,20,21)/t12-/m1/s1. The van der Waals surface area contributed by atoms with E-state index in [2.05, 4.69) is 5.32 Å². The number of benzene rings is 2. The van der Waals surface area contributed by atoms with Gasteiger partial charge < -0.3 is 20.5 Å². The third-order valence-electron chi connectivity index (χ3n) is 3.60. The molecule has 0 radical (unpaired) electrons. The summed E-state index contributed by atoms with van der Waals surface area (Å²) in [6, 6.07) is 14.3. The van der Waals surface area contributed by atoms with Crippen molar-refractivity contribution in [1.82, 2.24) is 5.32 Å². The van der Waals surface area contributed by atoms with Crippen LogP contribution < -0.4 is 20.5 Å². The summed E-state index contributed by atoms with van der Waals surface area (Å²) in [7, 11) is 3.24. The molecule has 0 fully saturated rings. The SMILES string of the molecule is COc1ccc(C(NC(=O)[C@@H](C)N)c2ccc(OC)cc2)cc1. The minimum Gasteiger partial charge on any atom is -0.497 e. The number of nitrogens with two attached hydrogens (primary N) is 1. The summed E-state index contributed by atoms with van der Waals surface area (Å²) in [6.45, 7) is 1.66. The Kier molecular flexibility index (Phi) is 5.60. The van der Waals surface area contributed by atoms with Gasteiger partial charge in [0.05, 0.1) is 26.3 Å². The molecular weight excluding hydrogens is 292 g/mol. The first-order chi connectivity index (χ1) is 11.0. The first kappa shape index (κ1) is 16.8. The molecular formula is C18H22N2O3. The second-order valence-electron chi connectivity index (χ2n) is 5.28. The predicted octanol–water partition coefficient (Wildman–Crippen LogP) is 2.26. The van der Waals surface area contributed by atoms with E-state index in [4.69, 9.17) is 15.2 Å². The first-order valence-corrected chi connectivity index (χ1v) is 7.39. The number of carbonyl (C=O) groups is 1. The molecule has 5 heteroatoms. The summed E-state index contributed by atoms with van der Waals surface area (Å²) in [5, 5.41) is 2.98. The summed E-state index contributed by atoms with van der Waals surface area (Å²) < 4.78 is 10.4. The number of hydrogen-bond acceptors (Lipinski definition) is 4. The molecule has 0 aliphatic heterocycles. The molecule has 122 valence electrons.